The molecular formula is C14H20ClN3O3S. The minimum atomic E-state index is -1.33. The molecule has 0 spiro atoms. The molecule has 1 aliphatic rings. The summed E-state index contributed by atoms with van der Waals surface area (Å²) < 4.78 is 17.8. The summed E-state index contributed by atoms with van der Waals surface area (Å²) in [6.45, 7) is 6.12. The van der Waals surface area contributed by atoms with Gasteiger partial charge in [0.25, 0.3) is 0 Å². The molecule has 0 bridgehead atoms. The molecule has 1 fully saturated rings. The van der Waals surface area contributed by atoms with Crippen LogP contribution in [0.1, 0.15) is 33.6 Å². The van der Waals surface area contributed by atoms with Crippen LogP contribution >= 0.6 is 11.6 Å². The lowest BCUT2D eigenvalue weighted by molar-refractivity contribution is 0.0241. The maximum Gasteiger partial charge on any atom is 0.410 e. The monoisotopic (exact) mass is 345 g/mol. The number of rotatable bonds is 3. The Labute approximate surface area is 137 Å². The van der Waals surface area contributed by atoms with E-state index in [0.29, 0.717) is 17.3 Å². The molecular weight excluding hydrogens is 326 g/mol. The summed E-state index contributed by atoms with van der Waals surface area (Å²) in [4.78, 5) is 21.6. The lowest BCUT2D eigenvalue weighted by Gasteiger charge is -2.28. The van der Waals surface area contributed by atoms with Gasteiger partial charge in [0.15, 0.2) is 0 Å². The van der Waals surface area contributed by atoms with Crippen molar-refractivity contribution in [2.24, 2.45) is 0 Å². The second kappa shape index (κ2) is 6.91. The van der Waals surface area contributed by atoms with Crippen molar-refractivity contribution >= 4 is 28.5 Å². The van der Waals surface area contributed by atoms with Crippen LogP contribution in [0.15, 0.2) is 17.3 Å². The summed E-state index contributed by atoms with van der Waals surface area (Å²) in [6, 6.07) is 1.47. The van der Waals surface area contributed by atoms with Gasteiger partial charge >= 0.3 is 6.09 Å². The Morgan fingerprint density at radius 2 is 2.27 bits per heavy atom. The van der Waals surface area contributed by atoms with Gasteiger partial charge in [0, 0.05) is 18.8 Å². The van der Waals surface area contributed by atoms with Crippen LogP contribution in [-0.2, 0) is 15.5 Å². The maximum atomic E-state index is 12.4. The second-order valence-electron chi connectivity index (χ2n) is 6.15. The number of carbonyl (C=O) groups is 1. The van der Waals surface area contributed by atoms with Crippen LogP contribution in [0, 0.1) is 0 Å². The summed E-state index contributed by atoms with van der Waals surface area (Å²) >= 11 is 5.72. The first-order valence-corrected chi connectivity index (χ1v) is 8.82. The van der Waals surface area contributed by atoms with Gasteiger partial charge in [-0.1, -0.05) is 0 Å². The van der Waals surface area contributed by atoms with E-state index in [0.717, 1.165) is 12.8 Å². The van der Waals surface area contributed by atoms with E-state index in [9.17, 15) is 9.00 Å². The number of hydrogen-bond donors (Lipinski definition) is 0. The molecule has 2 atom stereocenters. The SMILES string of the molecule is CC(C)(C)OC(=O)N1CCC[C@@H]1C[S@](=O)c1ccnc(Cl)n1. The van der Waals surface area contributed by atoms with Crippen molar-refractivity contribution in [3.05, 3.63) is 17.5 Å². The highest BCUT2D eigenvalue weighted by molar-refractivity contribution is 7.85. The van der Waals surface area contributed by atoms with Crippen LogP contribution in [0.25, 0.3) is 0 Å². The third kappa shape index (κ3) is 4.64. The number of hydrogen-bond acceptors (Lipinski definition) is 5. The van der Waals surface area contributed by atoms with Crippen molar-refractivity contribution in [2.75, 3.05) is 12.3 Å². The first-order chi connectivity index (χ1) is 10.3. The number of halogens is 1. The van der Waals surface area contributed by atoms with Crippen molar-refractivity contribution in [3.63, 3.8) is 0 Å². The van der Waals surface area contributed by atoms with Gasteiger partial charge in [-0.2, -0.15) is 0 Å². The quantitative estimate of drug-likeness (QED) is 0.622. The molecule has 0 aromatic carbocycles. The lowest BCUT2D eigenvalue weighted by Crippen LogP contribution is -2.42. The Balaban J connectivity index is 2.02. The summed E-state index contributed by atoms with van der Waals surface area (Å²) in [6.07, 6.45) is 2.81. The van der Waals surface area contributed by atoms with Crippen molar-refractivity contribution < 1.29 is 13.7 Å². The molecule has 6 nitrogen and oxygen atoms in total. The van der Waals surface area contributed by atoms with E-state index in [1.807, 2.05) is 20.8 Å². The third-order valence-electron chi connectivity index (χ3n) is 3.18. The van der Waals surface area contributed by atoms with Crippen molar-refractivity contribution in [1.29, 1.82) is 0 Å². The number of nitrogens with zero attached hydrogens (tertiary/aromatic N) is 3. The van der Waals surface area contributed by atoms with E-state index in [4.69, 9.17) is 16.3 Å². The van der Waals surface area contributed by atoms with Crippen molar-refractivity contribution in [2.45, 2.75) is 50.3 Å². The smallest absolute Gasteiger partial charge is 0.410 e. The predicted molar refractivity (Wildman–Crippen MR) is 84.3 cm³/mol. The predicted octanol–water partition coefficient (Wildman–Crippen LogP) is 2.64. The lowest BCUT2D eigenvalue weighted by atomic mass is 10.2. The number of likely N-dealkylation sites (tertiary alicyclic amines) is 1. The van der Waals surface area contributed by atoms with E-state index in [-0.39, 0.29) is 17.4 Å². The molecule has 0 radical (unpaired) electrons. The molecule has 0 aliphatic carbocycles. The average molecular weight is 346 g/mol. The van der Waals surface area contributed by atoms with Gasteiger partial charge in [-0.15, -0.1) is 0 Å². The number of amides is 1. The molecule has 0 unspecified atom stereocenters. The zero-order chi connectivity index (χ0) is 16.3. The number of aromatic nitrogens is 2. The Morgan fingerprint density at radius 1 is 1.55 bits per heavy atom. The molecule has 2 heterocycles. The van der Waals surface area contributed by atoms with Crippen LogP contribution in [-0.4, -0.2) is 49.1 Å². The summed E-state index contributed by atoms with van der Waals surface area (Å²) in [5, 5.41) is 0.456. The molecule has 8 heteroatoms. The molecule has 22 heavy (non-hydrogen) atoms. The standard InChI is InChI=1S/C14H20ClN3O3S/c1-14(2,3)21-13(19)18-8-4-5-10(18)9-22(20)11-6-7-16-12(15)17-11/h6-7,10H,4-5,8-9H2,1-3H3/t10-,22+/m1/s1. The molecule has 1 amide bonds. The third-order valence-corrected chi connectivity index (χ3v) is 4.75. The van der Waals surface area contributed by atoms with Gasteiger partial charge in [-0.05, 0) is 51.3 Å². The van der Waals surface area contributed by atoms with E-state index < -0.39 is 16.4 Å². The van der Waals surface area contributed by atoms with Gasteiger partial charge in [0.05, 0.1) is 16.6 Å². The van der Waals surface area contributed by atoms with E-state index in [1.165, 1.54) is 6.20 Å². The molecule has 122 valence electrons. The summed E-state index contributed by atoms with van der Waals surface area (Å²) in [7, 11) is -1.33. The molecule has 1 aromatic rings. The van der Waals surface area contributed by atoms with Crippen LogP contribution in [0.3, 0.4) is 0 Å². The molecule has 1 aliphatic heterocycles. The highest BCUT2D eigenvalue weighted by Crippen LogP contribution is 2.22. The van der Waals surface area contributed by atoms with Gasteiger partial charge in [0.1, 0.15) is 10.6 Å². The fourth-order valence-electron chi connectivity index (χ4n) is 2.28. The van der Waals surface area contributed by atoms with E-state index in [2.05, 4.69) is 9.97 Å². The molecule has 1 aromatic heterocycles. The highest BCUT2D eigenvalue weighted by atomic mass is 35.5. The minimum Gasteiger partial charge on any atom is -0.444 e. The van der Waals surface area contributed by atoms with Gasteiger partial charge in [0.2, 0.25) is 5.28 Å². The zero-order valence-corrected chi connectivity index (χ0v) is 14.5. The van der Waals surface area contributed by atoms with Gasteiger partial charge < -0.3 is 9.64 Å². The number of ether oxygens (including phenoxy) is 1. The largest absolute Gasteiger partial charge is 0.444 e. The molecule has 1 saturated heterocycles. The maximum absolute atomic E-state index is 12.4. The first kappa shape index (κ1) is 17.1. The van der Waals surface area contributed by atoms with Gasteiger partial charge in [-0.3, -0.25) is 4.21 Å². The Morgan fingerprint density at radius 3 is 2.91 bits per heavy atom. The first-order valence-electron chi connectivity index (χ1n) is 7.13. The average Bonchev–Trinajstić information content (AvgIpc) is 2.85. The summed E-state index contributed by atoms with van der Waals surface area (Å²) in [5.74, 6) is 0.326. The molecule has 2 rings (SSSR count). The number of carbonyl (C=O) groups excluding carboxylic acids is 1. The Bertz CT molecular complexity index is 577. The fraction of sp³-hybridized carbons (Fsp3) is 0.643. The van der Waals surface area contributed by atoms with Crippen LogP contribution in [0.5, 0.6) is 0 Å². The van der Waals surface area contributed by atoms with Crippen molar-refractivity contribution in [3.8, 4) is 0 Å². The molecule has 0 saturated carbocycles. The van der Waals surface area contributed by atoms with Crippen LogP contribution in [0.4, 0.5) is 4.79 Å². The van der Waals surface area contributed by atoms with Gasteiger partial charge in [-0.25, -0.2) is 14.8 Å². The van der Waals surface area contributed by atoms with Crippen molar-refractivity contribution in [1.82, 2.24) is 14.9 Å². The van der Waals surface area contributed by atoms with E-state index >= 15 is 0 Å². The normalized spacial score (nSPS) is 20.0. The topological polar surface area (TPSA) is 72.4 Å². The van der Waals surface area contributed by atoms with Crippen LogP contribution in [0.2, 0.25) is 5.28 Å². The Kier molecular flexibility index (Phi) is 5.39. The van der Waals surface area contributed by atoms with E-state index in [1.54, 1.807) is 11.0 Å². The summed E-state index contributed by atoms with van der Waals surface area (Å²) in [5.41, 5.74) is -0.538. The fourth-order valence-corrected chi connectivity index (χ4v) is 3.74. The van der Waals surface area contributed by atoms with Crippen LogP contribution < -0.4 is 0 Å². The zero-order valence-electron chi connectivity index (χ0n) is 12.9. The Hall–Kier alpha value is -1.21. The highest BCUT2D eigenvalue weighted by Gasteiger charge is 2.33. The second-order valence-corrected chi connectivity index (χ2v) is 7.93. The minimum absolute atomic E-state index is 0.0706. The molecule has 0 N–H and O–H groups in total.